The van der Waals surface area contributed by atoms with Crippen molar-refractivity contribution in [2.45, 2.75) is 135 Å². The van der Waals surface area contributed by atoms with Crippen LogP contribution in [0.1, 0.15) is 103 Å². The molecule has 0 radical (unpaired) electrons. The van der Waals surface area contributed by atoms with Gasteiger partial charge in [0.25, 0.3) is 0 Å². The molecule has 1 unspecified atom stereocenters. The van der Waals surface area contributed by atoms with Gasteiger partial charge in [0, 0.05) is 39.4 Å². The number of methoxy groups -OCH3 is 2. The van der Waals surface area contributed by atoms with Crippen LogP contribution in [0, 0.1) is 17.8 Å². The highest BCUT2D eigenvalue weighted by Gasteiger charge is 2.44. The van der Waals surface area contributed by atoms with Crippen LogP contribution in [0.15, 0.2) is 41.9 Å². The lowest BCUT2D eigenvalue weighted by atomic mass is 9.88. The van der Waals surface area contributed by atoms with Crippen molar-refractivity contribution in [3.63, 3.8) is 0 Å². The average molecular weight is 783 g/mol. The Bertz CT molecular complexity index is 1520. The lowest BCUT2D eigenvalue weighted by Gasteiger charge is -2.41. The molecule has 1 aromatic carbocycles. The lowest BCUT2D eigenvalue weighted by Crippen LogP contribution is -2.63. The first-order valence-corrected chi connectivity index (χ1v) is 21.1. The Labute approximate surface area is 332 Å². The van der Waals surface area contributed by atoms with Gasteiger partial charge in [-0.25, -0.2) is 4.98 Å². The van der Waals surface area contributed by atoms with Crippen LogP contribution >= 0.6 is 11.3 Å². The number of rotatable bonds is 19. The number of hydrogen-bond donors (Lipinski definition) is 3. The maximum Gasteiger partial charge on any atom is 0.245 e. The molecule has 2 aromatic rings. The molecule has 12 nitrogen and oxygen atoms in total. The molecule has 0 spiro atoms. The van der Waals surface area contributed by atoms with Crippen LogP contribution in [0.4, 0.5) is 0 Å². The summed E-state index contributed by atoms with van der Waals surface area (Å²) in [6.45, 7) is 13.1. The highest BCUT2D eigenvalue weighted by atomic mass is 32.1. The van der Waals surface area contributed by atoms with Gasteiger partial charge in [-0.2, -0.15) is 0 Å². The van der Waals surface area contributed by atoms with E-state index in [-0.39, 0.29) is 54.0 Å². The molecule has 1 aromatic heterocycles. The molecule has 9 atom stereocenters. The standard InChI is InChI=1S/C42H66N6O6S/c1-10-28(4)36(47(7)40(51)35(27(2)3)46-41(52)42(6)20-14-15-21-44-42)33(53-8)26-34(49)48-23-16-19-32(48)37(54-9)29(5)38(50)45-31(39-43-22-24-55-39)25-30-17-12-11-13-18-30/h11-13,17-18,22,24,27-29,31-33,35-37,44H,10,14-16,19-21,23,25-26H2,1-9H3,(H,45,50)(H,46,52)/t28-,29+,31-,32?,33+,35-,36-,37+,42-/m0/s1. The van der Waals surface area contributed by atoms with Gasteiger partial charge in [-0.15, -0.1) is 11.3 Å². The van der Waals surface area contributed by atoms with Crippen LogP contribution < -0.4 is 16.0 Å². The van der Waals surface area contributed by atoms with E-state index in [1.807, 2.05) is 68.3 Å². The number of aromatic nitrogens is 1. The number of benzene rings is 1. The predicted octanol–water partition coefficient (Wildman–Crippen LogP) is 5.14. The normalized spacial score (nSPS) is 22.6. The summed E-state index contributed by atoms with van der Waals surface area (Å²) in [7, 11) is 4.95. The van der Waals surface area contributed by atoms with Crippen LogP contribution in [-0.4, -0.2) is 109 Å². The number of amides is 4. The Balaban J connectivity index is 1.47. The van der Waals surface area contributed by atoms with Gasteiger partial charge in [0.05, 0.1) is 48.2 Å². The second-order valence-corrected chi connectivity index (χ2v) is 17.0. The average Bonchev–Trinajstić information content (AvgIpc) is 3.90. The topological polar surface area (TPSA) is 142 Å². The molecular formula is C42H66N6O6S. The maximum atomic E-state index is 14.3. The van der Waals surface area contributed by atoms with Crippen LogP contribution in [-0.2, 0) is 35.1 Å². The number of carbonyl (C=O) groups excluding carboxylic acids is 4. The van der Waals surface area contributed by atoms with Gasteiger partial charge in [-0.05, 0) is 69.4 Å². The van der Waals surface area contributed by atoms with Crippen LogP contribution in [0.2, 0.25) is 0 Å². The zero-order chi connectivity index (χ0) is 40.3. The molecule has 0 aliphatic carbocycles. The monoisotopic (exact) mass is 782 g/mol. The summed E-state index contributed by atoms with van der Waals surface area (Å²) in [5.41, 5.74) is 0.370. The first-order chi connectivity index (χ1) is 26.3. The summed E-state index contributed by atoms with van der Waals surface area (Å²) >= 11 is 1.51. The van der Waals surface area contributed by atoms with Gasteiger partial charge < -0.3 is 35.2 Å². The smallest absolute Gasteiger partial charge is 0.245 e. The van der Waals surface area contributed by atoms with Crippen molar-refractivity contribution in [2.75, 3.05) is 34.4 Å². The number of piperidine rings is 1. The maximum absolute atomic E-state index is 14.3. The fourth-order valence-corrected chi connectivity index (χ4v) is 9.04. The highest BCUT2D eigenvalue weighted by molar-refractivity contribution is 7.09. The zero-order valence-electron chi connectivity index (χ0n) is 34.5. The Hall–Kier alpha value is -3.39. The minimum Gasteiger partial charge on any atom is -0.379 e. The number of likely N-dealkylation sites (N-methyl/N-ethyl adjacent to an activating group) is 1. The van der Waals surface area contributed by atoms with E-state index in [1.54, 1.807) is 32.4 Å². The van der Waals surface area contributed by atoms with Gasteiger partial charge in [0.2, 0.25) is 23.6 Å². The third-order valence-electron chi connectivity index (χ3n) is 11.9. The molecule has 0 bridgehead atoms. The van der Waals surface area contributed by atoms with E-state index in [0.29, 0.717) is 25.8 Å². The molecule has 55 heavy (non-hydrogen) atoms. The Kier molecular flexibility index (Phi) is 16.7. The molecule has 3 heterocycles. The van der Waals surface area contributed by atoms with E-state index in [9.17, 15) is 19.2 Å². The molecule has 2 aliphatic heterocycles. The van der Waals surface area contributed by atoms with Crippen molar-refractivity contribution in [3.05, 3.63) is 52.5 Å². The molecule has 306 valence electrons. The molecule has 3 N–H and O–H groups in total. The van der Waals surface area contributed by atoms with Gasteiger partial charge in [-0.3, -0.25) is 19.2 Å². The van der Waals surface area contributed by atoms with E-state index in [4.69, 9.17) is 9.47 Å². The zero-order valence-corrected chi connectivity index (χ0v) is 35.3. The quantitative estimate of drug-likeness (QED) is 0.178. The molecule has 4 amide bonds. The van der Waals surface area contributed by atoms with Crippen molar-refractivity contribution >= 4 is 35.0 Å². The molecule has 2 fully saturated rings. The molecular weight excluding hydrogens is 717 g/mol. The molecule has 13 heteroatoms. The first kappa shape index (κ1) is 44.3. The summed E-state index contributed by atoms with van der Waals surface area (Å²) in [4.78, 5) is 64.1. The molecule has 4 rings (SSSR count). The van der Waals surface area contributed by atoms with Crippen molar-refractivity contribution < 1.29 is 28.7 Å². The number of hydrogen-bond acceptors (Lipinski definition) is 9. The third-order valence-corrected chi connectivity index (χ3v) is 12.8. The number of nitrogens with zero attached hydrogens (tertiary/aromatic N) is 3. The SMILES string of the molecule is CC[C@H](C)[C@@H]([C@@H](CC(=O)N1CCCC1[C@H](OC)[C@@H](C)C(=O)N[C@@H](Cc1ccccc1)c1nccs1)OC)N(C)C(=O)[C@@H](NC(=O)[C@]1(C)CCCCN1)C(C)C. The van der Waals surface area contributed by atoms with Gasteiger partial charge in [0.15, 0.2) is 0 Å². The summed E-state index contributed by atoms with van der Waals surface area (Å²) in [6.07, 6.45) is 6.21. The van der Waals surface area contributed by atoms with Crippen LogP contribution in [0.3, 0.4) is 0 Å². The summed E-state index contributed by atoms with van der Waals surface area (Å²) < 4.78 is 12.1. The number of ether oxygens (including phenoxy) is 2. The fourth-order valence-electron chi connectivity index (χ4n) is 8.35. The minimum absolute atomic E-state index is 0.000717. The molecule has 2 aliphatic rings. The van der Waals surface area contributed by atoms with Crippen molar-refractivity contribution in [2.24, 2.45) is 17.8 Å². The minimum atomic E-state index is -0.737. The Morgan fingerprint density at radius 1 is 1.05 bits per heavy atom. The van der Waals surface area contributed by atoms with Gasteiger partial charge >= 0.3 is 0 Å². The van der Waals surface area contributed by atoms with E-state index in [1.165, 1.54) is 11.3 Å². The van der Waals surface area contributed by atoms with E-state index in [2.05, 4.69) is 34.8 Å². The Morgan fingerprint density at radius 2 is 1.78 bits per heavy atom. The molecule has 0 saturated carbocycles. The van der Waals surface area contributed by atoms with E-state index in [0.717, 1.165) is 42.8 Å². The lowest BCUT2D eigenvalue weighted by molar-refractivity contribution is -0.148. The van der Waals surface area contributed by atoms with Crippen molar-refractivity contribution in [1.82, 2.24) is 30.7 Å². The van der Waals surface area contributed by atoms with Crippen LogP contribution in [0.5, 0.6) is 0 Å². The highest BCUT2D eigenvalue weighted by Crippen LogP contribution is 2.31. The summed E-state index contributed by atoms with van der Waals surface area (Å²) in [5.74, 6) is -1.34. The second-order valence-electron chi connectivity index (χ2n) is 16.1. The molecule has 2 saturated heterocycles. The summed E-state index contributed by atoms with van der Waals surface area (Å²) in [6, 6.07) is 8.25. The van der Waals surface area contributed by atoms with Crippen molar-refractivity contribution in [1.29, 1.82) is 0 Å². The third kappa shape index (κ3) is 11.1. The predicted molar refractivity (Wildman–Crippen MR) is 216 cm³/mol. The fraction of sp³-hybridized carbons (Fsp3) is 0.690. The summed E-state index contributed by atoms with van der Waals surface area (Å²) in [5, 5.41) is 12.4. The van der Waals surface area contributed by atoms with E-state index < -0.39 is 35.7 Å². The number of nitrogens with one attached hydrogen (secondary N) is 3. The van der Waals surface area contributed by atoms with Gasteiger partial charge in [-0.1, -0.05) is 71.4 Å². The van der Waals surface area contributed by atoms with Gasteiger partial charge in [0.1, 0.15) is 11.0 Å². The number of thiazole rings is 1. The van der Waals surface area contributed by atoms with Crippen molar-refractivity contribution in [3.8, 4) is 0 Å². The van der Waals surface area contributed by atoms with Crippen LogP contribution in [0.25, 0.3) is 0 Å². The van der Waals surface area contributed by atoms with E-state index >= 15 is 0 Å². The Morgan fingerprint density at radius 3 is 2.36 bits per heavy atom. The second kappa shape index (κ2) is 20.7. The first-order valence-electron chi connectivity index (χ1n) is 20.2. The number of likely N-dealkylation sites (tertiary alicyclic amines) is 1. The number of carbonyl (C=O) groups is 4. The largest absolute Gasteiger partial charge is 0.379 e.